The first-order chi connectivity index (χ1) is 10.8. The summed E-state index contributed by atoms with van der Waals surface area (Å²) in [5.41, 5.74) is 0.997. The smallest absolute Gasteiger partial charge is 0.199 e. The summed E-state index contributed by atoms with van der Waals surface area (Å²) in [6.45, 7) is 4.54. The van der Waals surface area contributed by atoms with Crippen LogP contribution in [0.4, 0.5) is 0 Å². The van der Waals surface area contributed by atoms with E-state index in [1.165, 1.54) is 0 Å². The fourth-order valence-corrected chi connectivity index (χ4v) is 2.83. The van der Waals surface area contributed by atoms with Crippen molar-refractivity contribution in [3.63, 3.8) is 0 Å². The number of aromatic amines is 1. The van der Waals surface area contributed by atoms with Gasteiger partial charge in [0, 0.05) is 31.7 Å². The van der Waals surface area contributed by atoms with Crippen molar-refractivity contribution in [2.75, 3.05) is 40.0 Å². The third-order valence-corrected chi connectivity index (χ3v) is 4.10. The van der Waals surface area contributed by atoms with Crippen LogP contribution in [-0.2, 0) is 11.2 Å². The summed E-state index contributed by atoms with van der Waals surface area (Å²) in [6.07, 6.45) is 0.846. The van der Waals surface area contributed by atoms with E-state index in [1.807, 2.05) is 28.8 Å². The first-order valence-electron chi connectivity index (χ1n) is 7.39. The predicted octanol–water partition coefficient (Wildman–Crippen LogP) is 1.81. The number of aromatic nitrogens is 3. The molecule has 1 aromatic carbocycles. The highest BCUT2D eigenvalue weighted by molar-refractivity contribution is 7.71. The molecule has 1 aliphatic heterocycles. The van der Waals surface area contributed by atoms with Crippen LogP contribution in [0.25, 0.3) is 5.69 Å². The summed E-state index contributed by atoms with van der Waals surface area (Å²) >= 11 is 5.37. The minimum absolute atomic E-state index is 0.613. The Kier molecular flexibility index (Phi) is 4.87. The van der Waals surface area contributed by atoms with Crippen molar-refractivity contribution in [3.05, 3.63) is 34.9 Å². The lowest BCUT2D eigenvalue weighted by molar-refractivity contribution is 0.0382. The lowest BCUT2D eigenvalue weighted by Crippen LogP contribution is -2.37. The van der Waals surface area contributed by atoms with Crippen LogP contribution in [0.1, 0.15) is 5.82 Å². The molecule has 6 nitrogen and oxygen atoms in total. The second kappa shape index (κ2) is 7.04. The standard InChI is InChI=1S/C15H20N4O2S/c1-20-13-4-2-12(3-5-13)19-14(16-17-15(19)22)6-7-18-8-10-21-11-9-18/h2-5H,6-11H2,1H3,(H,17,22). The second-order valence-electron chi connectivity index (χ2n) is 5.18. The van der Waals surface area contributed by atoms with Gasteiger partial charge in [-0.2, -0.15) is 5.10 Å². The molecule has 7 heteroatoms. The maximum absolute atomic E-state index is 5.37. The molecule has 0 unspecified atom stereocenters. The van der Waals surface area contributed by atoms with Gasteiger partial charge in [0.1, 0.15) is 11.6 Å². The molecule has 0 amide bonds. The monoisotopic (exact) mass is 320 g/mol. The number of ether oxygens (including phenoxy) is 2. The number of nitrogens with one attached hydrogen (secondary N) is 1. The number of hydrogen-bond donors (Lipinski definition) is 1. The van der Waals surface area contributed by atoms with E-state index >= 15 is 0 Å². The van der Waals surface area contributed by atoms with Gasteiger partial charge in [-0.25, -0.2) is 0 Å². The lowest BCUT2D eigenvalue weighted by atomic mass is 10.2. The SMILES string of the molecule is COc1ccc(-n2c(CCN3CCOCC3)n[nH]c2=S)cc1. The Hall–Kier alpha value is -1.70. The Balaban J connectivity index is 1.76. The van der Waals surface area contributed by atoms with Gasteiger partial charge in [0.25, 0.3) is 0 Å². The van der Waals surface area contributed by atoms with Crippen LogP contribution >= 0.6 is 12.2 Å². The van der Waals surface area contributed by atoms with Gasteiger partial charge in [-0.1, -0.05) is 0 Å². The van der Waals surface area contributed by atoms with Crippen molar-refractivity contribution in [2.45, 2.75) is 6.42 Å². The van der Waals surface area contributed by atoms with Gasteiger partial charge in [-0.05, 0) is 36.5 Å². The van der Waals surface area contributed by atoms with Gasteiger partial charge in [-0.15, -0.1) is 0 Å². The first kappa shape index (κ1) is 15.2. The third-order valence-electron chi connectivity index (χ3n) is 3.83. The summed E-state index contributed by atoms with van der Waals surface area (Å²) < 4.78 is 13.2. The fraction of sp³-hybridized carbons (Fsp3) is 0.467. The van der Waals surface area contributed by atoms with Crippen LogP contribution in [-0.4, -0.2) is 59.6 Å². The van der Waals surface area contributed by atoms with E-state index < -0.39 is 0 Å². The summed E-state index contributed by atoms with van der Waals surface area (Å²) in [6, 6.07) is 7.83. The molecule has 0 bridgehead atoms. The molecule has 0 aliphatic carbocycles. The van der Waals surface area contributed by atoms with E-state index in [2.05, 4.69) is 15.1 Å². The highest BCUT2D eigenvalue weighted by Crippen LogP contribution is 2.17. The Morgan fingerprint density at radius 2 is 2.00 bits per heavy atom. The molecular weight excluding hydrogens is 300 g/mol. The molecule has 0 radical (unpaired) electrons. The predicted molar refractivity (Wildman–Crippen MR) is 86.3 cm³/mol. The molecule has 22 heavy (non-hydrogen) atoms. The Labute approximate surface area is 134 Å². The maximum atomic E-state index is 5.37. The van der Waals surface area contributed by atoms with Crippen molar-refractivity contribution in [3.8, 4) is 11.4 Å². The second-order valence-corrected chi connectivity index (χ2v) is 5.57. The quantitative estimate of drug-likeness (QED) is 0.852. The minimum atomic E-state index is 0.613. The molecular formula is C15H20N4O2S. The average molecular weight is 320 g/mol. The van der Waals surface area contributed by atoms with Crippen LogP contribution in [0.2, 0.25) is 0 Å². The number of hydrogen-bond acceptors (Lipinski definition) is 5. The molecule has 2 aromatic rings. The molecule has 118 valence electrons. The van der Waals surface area contributed by atoms with E-state index in [9.17, 15) is 0 Å². The minimum Gasteiger partial charge on any atom is -0.497 e. The zero-order chi connectivity index (χ0) is 15.4. The zero-order valence-corrected chi connectivity index (χ0v) is 13.4. The van der Waals surface area contributed by atoms with Crippen LogP contribution in [0.3, 0.4) is 0 Å². The van der Waals surface area contributed by atoms with E-state index in [1.54, 1.807) is 7.11 Å². The van der Waals surface area contributed by atoms with E-state index in [-0.39, 0.29) is 0 Å². The highest BCUT2D eigenvalue weighted by Gasteiger charge is 2.13. The topological polar surface area (TPSA) is 55.3 Å². The van der Waals surface area contributed by atoms with Gasteiger partial charge in [0.2, 0.25) is 0 Å². The fourth-order valence-electron chi connectivity index (χ4n) is 2.58. The van der Waals surface area contributed by atoms with Crippen LogP contribution in [0, 0.1) is 4.77 Å². The van der Waals surface area contributed by atoms with Crippen LogP contribution in [0.15, 0.2) is 24.3 Å². The van der Waals surface area contributed by atoms with Crippen molar-refractivity contribution >= 4 is 12.2 Å². The maximum Gasteiger partial charge on any atom is 0.199 e. The lowest BCUT2D eigenvalue weighted by Gasteiger charge is -2.26. The number of morpholine rings is 1. The molecule has 1 N–H and O–H groups in total. The van der Waals surface area contributed by atoms with Crippen molar-refractivity contribution in [1.29, 1.82) is 0 Å². The van der Waals surface area contributed by atoms with E-state index in [0.29, 0.717) is 4.77 Å². The normalized spacial score (nSPS) is 15.9. The Morgan fingerprint density at radius 1 is 1.27 bits per heavy atom. The van der Waals surface area contributed by atoms with Crippen molar-refractivity contribution in [2.24, 2.45) is 0 Å². The zero-order valence-electron chi connectivity index (χ0n) is 12.6. The highest BCUT2D eigenvalue weighted by atomic mass is 32.1. The number of rotatable bonds is 5. The van der Waals surface area contributed by atoms with Gasteiger partial charge >= 0.3 is 0 Å². The molecule has 1 aliphatic rings. The number of H-pyrrole nitrogens is 1. The number of methoxy groups -OCH3 is 1. The van der Waals surface area contributed by atoms with Gasteiger partial charge in [-0.3, -0.25) is 14.6 Å². The molecule has 3 rings (SSSR count). The summed E-state index contributed by atoms with van der Waals surface area (Å²) in [5.74, 6) is 1.77. The van der Waals surface area contributed by atoms with Gasteiger partial charge in [0.15, 0.2) is 4.77 Å². The summed E-state index contributed by atoms with van der Waals surface area (Å²) in [7, 11) is 1.66. The van der Waals surface area contributed by atoms with Crippen molar-refractivity contribution < 1.29 is 9.47 Å². The van der Waals surface area contributed by atoms with E-state index in [0.717, 1.165) is 56.5 Å². The van der Waals surface area contributed by atoms with Crippen molar-refractivity contribution in [1.82, 2.24) is 19.7 Å². The molecule has 0 saturated carbocycles. The number of benzene rings is 1. The average Bonchev–Trinajstić information content (AvgIpc) is 2.95. The summed E-state index contributed by atoms with van der Waals surface area (Å²) in [5, 5.41) is 7.27. The molecule has 0 atom stereocenters. The first-order valence-corrected chi connectivity index (χ1v) is 7.79. The largest absolute Gasteiger partial charge is 0.497 e. The van der Waals surface area contributed by atoms with Gasteiger partial charge in [0.05, 0.1) is 20.3 Å². The molecule has 1 aromatic heterocycles. The summed E-state index contributed by atoms with van der Waals surface area (Å²) in [4.78, 5) is 2.39. The Bertz CT molecular complexity index is 659. The number of nitrogens with zero attached hydrogens (tertiary/aromatic N) is 3. The molecule has 1 saturated heterocycles. The van der Waals surface area contributed by atoms with Crippen LogP contribution < -0.4 is 4.74 Å². The Morgan fingerprint density at radius 3 is 2.68 bits per heavy atom. The molecule has 1 fully saturated rings. The molecule has 0 spiro atoms. The van der Waals surface area contributed by atoms with Crippen LogP contribution in [0.5, 0.6) is 5.75 Å². The van der Waals surface area contributed by atoms with Gasteiger partial charge < -0.3 is 9.47 Å². The van der Waals surface area contributed by atoms with E-state index in [4.69, 9.17) is 21.7 Å². The third kappa shape index (κ3) is 3.37. The molecule has 2 heterocycles.